The van der Waals surface area contributed by atoms with Crippen LogP contribution in [-0.2, 0) is 17.8 Å². The van der Waals surface area contributed by atoms with Crippen LogP contribution in [0.5, 0.6) is 0 Å². The van der Waals surface area contributed by atoms with Crippen LogP contribution in [0.15, 0.2) is 35.4 Å². The van der Waals surface area contributed by atoms with Gasteiger partial charge >= 0.3 is 0 Å². The molecule has 1 N–H and O–H groups in total. The van der Waals surface area contributed by atoms with Gasteiger partial charge in [-0.15, -0.1) is 10.2 Å². The van der Waals surface area contributed by atoms with E-state index in [2.05, 4.69) is 27.4 Å². The van der Waals surface area contributed by atoms with Crippen LogP contribution in [0.25, 0.3) is 10.9 Å². The maximum absolute atomic E-state index is 12.4. The summed E-state index contributed by atoms with van der Waals surface area (Å²) in [6.45, 7) is 2.42. The largest absolute Gasteiger partial charge is 0.300 e. The lowest BCUT2D eigenvalue weighted by Gasteiger charge is -2.06. The highest BCUT2D eigenvalue weighted by molar-refractivity contribution is 7.15. The molecular formula is C18H21N5O2S. The van der Waals surface area contributed by atoms with Gasteiger partial charge in [-0.3, -0.25) is 14.2 Å². The number of hydrogen-bond acceptors (Lipinski definition) is 6. The molecule has 0 unspecified atom stereocenters. The van der Waals surface area contributed by atoms with E-state index in [4.69, 9.17) is 0 Å². The second-order valence-electron chi connectivity index (χ2n) is 6.02. The number of nitrogens with one attached hydrogen (secondary N) is 1. The summed E-state index contributed by atoms with van der Waals surface area (Å²) in [5.41, 5.74) is 0.514. The Hall–Kier alpha value is -2.61. The fourth-order valence-electron chi connectivity index (χ4n) is 2.60. The predicted molar refractivity (Wildman–Crippen MR) is 102 cm³/mol. The Kier molecular flexibility index (Phi) is 6.06. The first kappa shape index (κ1) is 18.2. The van der Waals surface area contributed by atoms with Crippen LogP contribution in [0.4, 0.5) is 5.13 Å². The van der Waals surface area contributed by atoms with Gasteiger partial charge in [-0.05, 0) is 18.6 Å². The molecule has 0 saturated carbocycles. The van der Waals surface area contributed by atoms with Crippen molar-refractivity contribution in [2.45, 2.75) is 45.6 Å². The molecule has 1 aromatic carbocycles. The number of aryl methyl sites for hydroxylation is 2. The van der Waals surface area contributed by atoms with Crippen LogP contribution in [-0.4, -0.2) is 25.7 Å². The zero-order valence-corrected chi connectivity index (χ0v) is 15.5. The van der Waals surface area contributed by atoms with Gasteiger partial charge in [0.25, 0.3) is 5.56 Å². The summed E-state index contributed by atoms with van der Waals surface area (Å²) >= 11 is 1.40. The highest BCUT2D eigenvalue weighted by atomic mass is 32.1. The lowest BCUT2D eigenvalue weighted by Crippen LogP contribution is -2.23. The normalized spacial score (nSPS) is 11.0. The van der Waals surface area contributed by atoms with Crippen molar-refractivity contribution in [3.63, 3.8) is 0 Å². The smallest absolute Gasteiger partial charge is 0.261 e. The third-order valence-electron chi connectivity index (χ3n) is 4.02. The van der Waals surface area contributed by atoms with Crippen molar-refractivity contribution in [1.29, 1.82) is 0 Å². The van der Waals surface area contributed by atoms with E-state index in [-0.39, 0.29) is 24.4 Å². The van der Waals surface area contributed by atoms with Gasteiger partial charge in [0.2, 0.25) is 11.0 Å². The third-order valence-corrected chi connectivity index (χ3v) is 4.92. The number of para-hydroxylation sites is 1. The highest BCUT2D eigenvalue weighted by Gasteiger charge is 2.10. The lowest BCUT2D eigenvalue weighted by molar-refractivity contribution is -0.116. The first-order valence-electron chi connectivity index (χ1n) is 8.74. The average molecular weight is 371 g/mol. The number of fused-ring (bicyclic) bond motifs is 1. The van der Waals surface area contributed by atoms with Gasteiger partial charge in [-0.2, -0.15) is 0 Å². The molecule has 0 radical (unpaired) electrons. The number of hydrogen-bond donors (Lipinski definition) is 1. The van der Waals surface area contributed by atoms with Crippen LogP contribution in [0.3, 0.4) is 0 Å². The quantitative estimate of drug-likeness (QED) is 0.615. The van der Waals surface area contributed by atoms with E-state index in [0.29, 0.717) is 16.0 Å². The maximum atomic E-state index is 12.4. The standard InChI is InChI=1S/C18H21N5O2S/c1-2-3-4-9-16-21-22-18(26-16)20-15(24)10-11-23-12-19-14-8-6-5-7-13(14)17(23)25/h5-8,12H,2-4,9-11H2,1H3,(H,20,22,24). The molecule has 136 valence electrons. The van der Waals surface area contributed by atoms with Crippen molar-refractivity contribution in [2.75, 3.05) is 5.32 Å². The van der Waals surface area contributed by atoms with Gasteiger partial charge in [0.1, 0.15) is 5.01 Å². The summed E-state index contributed by atoms with van der Waals surface area (Å²) in [7, 11) is 0. The second-order valence-corrected chi connectivity index (χ2v) is 7.08. The molecule has 3 aromatic rings. The van der Waals surface area contributed by atoms with Crippen LogP contribution >= 0.6 is 11.3 Å². The maximum Gasteiger partial charge on any atom is 0.261 e. The molecule has 0 aliphatic heterocycles. The van der Waals surface area contributed by atoms with E-state index in [9.17, 15) is 9.59 Å². The van der Waals surface area contributed by atoms with Crippen molar-refractivity contribution < 1.29 is 4.79 Å². The van der Waals surface area contributed by atoms with Crippen molar-refractivity contribution in [3.8, 4) is 0 Å². The summed E-state index contributed by atoms with van der Waals surface area (Å²) in [4.78, 5) is 28.8. The fraction of sp³-hybridized carbons (Fsp3) is 0.389. The topological polar surface area (TPSA) is 89.8 Å². The highest BCUT2D eigenvalue weighted by Crippen LogP contribution is 2.17. The lowest BCUT2D eigenvalue weighted by atomic mass is 10.2. The van der Waals surface area contributed by atoms with E-state index in [1.54, 1.807) is 18.2 Å². The Morgan fingerprint density at radius 3 is 2.92 bits per heavy atom. The molecule has 0 fully saturated rings. The summed E-state index contributed by atoms with van der Waals surface area (Å²) in [6, 6.07) is 7.17. The van der Waals surface area contributed by atoms with E-state index in [1.165, 1.54) is 22.2 Å². The summed E-state index contributed by atoms with van der Waals surface area (Å²) in [6.07, 6.45) is 5.94. The number of unbranched alkanes of at least 4 members (excludes halogenated alkanes) is 2. The number of carbonyl (C=O) groups excluding carboxylic acids is 1. The van der Waals surface area contributed by atoms with Crippen LogP contribution < -0.4 is 10.9 Å². The summed E-state index contributed by atoms with van der Waals surface area (Å²) < 4.78 is 1.46. The van der Waals surface area contributed by atoms with Crippen molar-refractivity contribution in [1.82, 2.24) is 19.7 Å². The minimum absolute atomic E-state index is 0.141. The van der Waals surface area contributed by atoms with Crippen LogP contribution in [0.2, 0.25) is 0 Å². The molecule has 2 heterocycles. The fourth-order valence-corrected chi connectivity index (χ4v) is 3.40. The molecule has 26 heavy (non-hydrogen) atoms. The number of aromatic nitrogens is 4. The van der Waals surface area contributed by atoms with Gasteiger partial charge in [0.15, 0.2) is 0 Å². The summed E-state index contributed by atoms with van der Waals surface area (Å²) in [5.74, 6) is -0.193. The first-order chi connectivity index (χ1) is 12.7. The number of benzene rings is 1. The van der Waals surface area contributed by atoms with Crippen LogP contribution in [0, 0.1) is 0 Å². The van der Waals surface area contributed by atoms with Crippen molar-refractivity contribution in [3.05, 3.63) is 46.0 Å². The average Bonchev–Trinajstić information content (AvgIpc) is 3.09. The Morgan fingerprint density at radius 2 is 2.08 bits per heavy atom. The molecule has 8 heteroatoms. The molecule has 3 rings (SSSR count). The van der Waals surface area contributed by atoms with E-state index >= 15 is 0 Å². The number of nitrogens with zero attached hydrogens (tertiary/aromatic N) is 4. The minimum Gasteiger partial charge on any atom is -0.300 e. The Morgan fingerprint density at radius 1 is 1.23 bits per heavy atom. The third kappa shape index (κ3) is 4.51. The number of anilines is 1. The van der Waals surface area contributed by atoms with E-state index in [0.717, 1.165) is 30.7 Å². The van der Waals surface area contributed by atoms with Gasteiger partial charge < -0.3 is 5.32 Å². The predicted octanol–water partition coefficient (Wildman–Crippen LogP) is 3.01. The molecule has 0 saturated heterocycles. The first-order valence-corrected chi connectivity index (χ1v) is 9.55. The van der Waals surface area contributed by atoms with Gasteiger partial charge in [-0.25, -0.2) is 4.98 Å². The molecular weight excluding hydrogens is 350 g/mol. The molecule has 0 aliphatic rings. The second kappa shape index (κ2) is 8.66. The van der Waals surface area contributed by atoms with Gasteiger partial charge in [0, 0.05) is 19.4 Å². The van der Waals surface area contributed by atoms with Crippen LogP contribution in [0.1, 0.15) is 37.6 Å². The molecule has 0 bridgehead atoms. The Labute approximate surface area is 155 Å². The molecule has 2 aromatic heterocycles. The number of amides is 1. The monoisotopic (exact) mass is 371 g/mol. The Bertz CT molecular complexity index is 950. The Balaban J connectivity index is 1.56. The number of carbonyl (C=O) groups is 1. The SMILES string of the molecule is CCCCCc1nnc(NC(=O)CCn2cnc3ccccc3c2=O)s1. The zero-order chi connectivity index (χ0) is 18.4. The molecule has 7 nitrogen and oxygen atoms in total. The minimum atomic E-state index is -0.193. The van der Waals surface area contributed by atoms with E-state index in [1.807, 2.05) is 6.07 Å². The zero-order valence-electron chi connectivity index (χ0n) is 14.6. The summed E-state index contributed by atoms with van der Waals surface area (Å²) in [5, 5.41) is 12.8. The van der Waals surface area contributed by atoms with Gasteiger partial charge in [-0.1, -0.05) is 43.2 Å². The van der Waals surface area contributed by atoms with E-state index < -0.39 is 0 Å². The molecule has 0 spiro atoms. The van der Waals surface area contributed by atoms with Gasteiger partial charge in [0.05, 0.1) is 17.2 Å². The number of rotatable bonds is 8. The molecule has 0 atom stereocenters. The van der Waals surface area contributed by atoms with Crippen molar-refractivity contribution >= 4 is 33.3 Å². The molecule has 0 aliphatic carbocycles. The van der Waals surface area contributed by atoms with Crippen molar-refractivity contribution in [2.24, 2.45) is 0 Å². The molecule has 1 amide bonds.